The molecule has 0 bridgehead atoms. The fourth-order valence-corrected chi connectivity index (χ4v) is 3.63. The Balaban J connectivity index is 1.70. The van der Waals surface area contributed by atoms with E-state index < -0.39 is 0 Å². The number of pyridine rings is 1. The van der Waals surface area contributed by atoms with Crippen molar-refractivity contribution in [3.8, 4) is 0 Å². The average molecular weight is 313 g/mol. The topological polar surface area (TPSA) is 57.2 Å². The summed E-state index contributed by atoms with van der Waals surface area (Å²) in [5.74, 6) is 0. The predicted molar refractivity (Wildman–Crippen MR) is 95.9 cm³/mol. The molecule has 4 heteroatoms. The lowest BCUT2D eigenvalue weighted by atomic mass is 9.90. The van der Waals surface area contributed by atoms with Crippen molar-refractivity contribution in [3.63, 3.8) is 0 Å². The molecule has 1 aromatic carbocycles. The monoisotopic (exact) mass is 313 g/mol. The Morgan fingerprint density at radius 3 is 2.65 bits per heavy atom. The third-order valence-corrected chi connectivity index (χ3v) is 4.87. The summed E-state index contributed by atoms with van der Waals surface area (Å²) in [6.07, 6.45) is 9.63. The Kier molecular flexibility index (Phi) is 5.47. The van der Waals surface area contributed by atoms with Crippen LogP contribution in [-0.2, 0) is 6.42 Å². The molecule has 1 fully saturated rings. The normalized spacial score (nSPS) is 21.5. The lowest BCUT2D eigenvalue weighted by Crippen LogP contribution is -2.38. The second kappa shape index (κ2) is 7.75. The summed E-state index contributed by atoms with van der Waals surface area (Å²) in [5, 5.41) is 18.6. The van der Waals surface area contributed by atoms with Crippen LogP contribution in [0.15, 0.2) is 30.6 Å². The van der Waals surface area contributed by atoms with Gasteiger partial charge in [0.2, 0.25) is 0 Å². The predicted octanol–water partition coefficient (Wildman–Crippen LogP) is 3.10. The molecule has 0 aliphatic heterocycles. The third-order valence-electron chi connectivity index (χ3n) is 4.87. The number of nitrogens with one attached hydrogen (secondary N) is 2. The van der Waals surface area contributed by atoms with Crippen LogP contribution in [0.5, 0.6) is 0 Å². The number of aryl methyl sites for hydroxylation is 1. The van der Waals surface area contributed by atoms with Gasteiger partial charge in [-0.25, -0.2) is 0 Å². The molecule has 1 heterocycles. The smallest absolute Gasteiger partial charge is 0.0556 e. The molecule has 0 unspecified atom stereocenters. The van der Waals surface area contributed by atoms with Crippen molar-refractivity contribution in [3.05, 3.63) is 36.2 Å². The van der Waals surface area contributed by atoms with Crippen LogP contribution in [0.3, 0.4) is 0 Å². The minimum Gasteiger partial charge on any atom is -0.395 e. The van der Waals surface area contributed by atoms with E-state index in [2.05, 4.69) is 40.7 Å². The number of nitrogens with zero attached hydrogens (tertiary/aromatic N) is 1. The van der Waals surface area contributed by atoms with Crippen molar-refractivity contribution < 1.29 is 5.11 Å². The molecular weight excluding hydrogens is 286 g/mol. The Bertz CT molecular complexity index is 630. The molecule has 1 aromatic heterocycles. The lowest BCUT2D eigenvalue weighted by Gasteiger charge is -2.30. The molecule has 3 rings (SSSR count). The van der Waals surface area contributed by atoms with Crippen LogP contribution in [0, 0.1) is 0 Å². The Morgan fingerprint density at radius 1 is 1.13 bits per heavy atom. The minimum absolute atomic E-state index is 0.224. The zero-order chi connectivity index (χ0) is 16.1. The highest BCUT2D eigenvalue weighted by Gasteiger charge is 2.21. The molecule has 1 aliphatic rings. The van der Waals surface area contributed by atoms with Crippen molar-refractivity contribution in [1.82, 2.24) is 10.3 Å². The summed E-state index contributed by atoms with van der Waals surface area (Å²) in [5.41, 5.74) is 2.55. The number of rotatable bonds is 6. The van der Waals surface area contributed by atoms with Crippen molar-refractivity contribution in [2.45, 2.75) is 51.1 Å². The third kappa shape index (κ3) is 3.82. The van der Waals surface area contributed by atoms with Gasteiger partial charge in [0.15, 0.2) is 0 Å². The second-order valence-electron chi connectivity index (χ2n) is 6.43. The molecule has 0 saturated heterocycles. The highest BCUT2D eigenvalue weighted by molar-refractivity contribution is 5.96. The van der Waals surface area contributed by atoms with Gasteiger partial charge in [-0.1, -0.05) is 19.1 Å². The zero-order valence-corrected chi connectivity index (χ0v) is 13.9. The molecule has 1 saturated carbocycles. The van der Waals surface area contributed by atoms with E-state index in [9.17, 15) is 0 Å². The van der Waals surface area contributed by atoms with Gasteiger partial charge in [-0.2, -0.15) is 0 Å². The number of benzene rings is 1. The molecule has 0 spiro atoms. The van der Waals surface area contributed by atoms with E-state index >= 15 is 0 Å². The molecule has 3 N–H and O–H groups in total. The van der Waals surface area contributed by atoms with Crippen LogP contribution >= 0.6 is 0 Å². The number of aliphatic hydroxyl groups is 1. The van der Waals surface area contributed by atoms with E-state index in [4.69, 9.17) is 5.11 Å². The second-order valence-corrected chi connectivity index (χ2v) is 6.43. The first-order valence-electron chi connectivity index (χ1n) is 8.78. The zero-order valence-electron chi connectivity index (χ0n) is 13.9. The van der Waals surface area contributed by atoms with Crippen LogP contribution in [0.4, 0.5) is 5.69 Å². The Morgan fingerprint density at radius 2 is 1.91 bits per heavy atom. The van der Waals surface area contributed by atoms with Gasteiger partial charge in [-0.15, -0.1) is 0 Å². The molecule has 1 aliphatic carbocycles. The number of hydrogen-bond acceptors (Lipinski definition) is 4. The van der Waals surface area contributed by atoms with Crippen LogP contribution in [0.25, 0.3) is 10.8 Å². The van der Waals surface area contributed by atoms with Gasteiger partial charge in [0, 0.05) is 47.5 Å². The van der Waals surface area contributed by atoms with Crippen molar-refractivity contribution in [2.75, 3.05) is 18.5 Å². The largest absolute Gasteiger partial charge is 0.395 e. The summed E-state index contributed by atoms with van der Waals surface area (Å²) in [6, 6.07) is 7.54. The average Bonchev–Trinajstić information content (AvgIpc) is 2.61. The quantitative estimate of drug-likeness (QED) is 0.767. The number of hydrogen-bond donors (Lipinski definition) is 3. The molecule has 0 atom stereocenters. The highest BCUT2D eigenvalue weighted by Crippen LogP contribution is 2.29. The van der Waals surface area contributed by atoms with Gasteiger partial charge in [-0.05, 0) is 43.7 Å². The van der Waals surface area contributed by atoms with Gasteiger partial charge in [0.05, 0.1) is 6.61 Å². The van der Waals surface area contributed by atoms with E-state index in [1.54, 1.807) is 0 Å². The van der Waals surface area contributed by atoms with E-state index in [0.717, 1.165) is 6.42 Å². The molecular formula is C19H27N3O. The maximum atomic E-state index is 8.91. The van der Waals surface area contributed by atoms with Crippen LogP contribution < -0.4 is 10.6 Å². The van der Waals surface area contributed by atoms with E-state index in [-0.39, 0.29) is 6.61 Å². The summed E-state index contributed by atoms with van der Waals surface area (Å²) < 4.78 is 0. The van der Waals surface area contributed by atoms with Gasteiger partial charge in [0.25, 0.3) is 0 Å². The van der Waals surface area contributed by atoms with Gasteiger partial charge < -0.3 is 15.7 Å². The van der Waals surface area contributed by atoms with Crippen LogP contribution in [0.1, 0.15) is 38.2 Å². The lowest BCUT2D eigenvalue weighted by molar-refractivity contribution is 0.269. The molecule has 2 aromatic rings. The van der Waals surface area contributed by atoms with Gasteiger partial charge in [-0.3, -0.25) is 4.98 Å². The fraction of sp³-hybridized carbons (Fsp3) is 0.526. The fourth-order valence-electron chi connectivity index (χ4n) is 3.63. The first-order chi connectivity index (χ1) is 11.3. The summed E-state index contributed by atoms with van der Waals surface area (Å²) >= 11 is 0. The molecule has 124 valence electrons. The maximum absolute atomic E-state index is 8.91. The SMILES string of the molecule is CCc1cncc2cccc(N[C@H]3CC[C@H](NCCO)CC3)c12. The summed E-state index contributed by atoms with van der Waals surface area (Å²) in [6.45, 7) is 3.12. The van der Waals surface area contributed by atoms with E-state index in [1.807, 2.05) is 12.4 Å². The first kappa shape index (κ1) is 16.2. The number of fused-ring (bicyclic) bond motifs is 1. The maximum Gasteiger partial charge on any atom is 0.0556 e. The number of aliphatic hydroxyl groups excluding tert-OH is 1. The number of anilines is 1. The van der Waals surface area contributed by atoms with Crippen molar-refractivity contribution in [2.24, 2.45) is 0 Å². The van der Waals surface area contributed by atoms with Crippen LogP contribution in [-0.4, -0.2) is 35.3 Å². The van der Waals surface area contributed by atoms with Crippen LogP contribution in [0.2, 0.25) is 0 Å². The summed E-state index contributed by atoms with van der Waals surface area (Å²) in [7, 11) is 0. The van der Waals surface area contributed by atoms with Crippen molar-refractivity contribution >= 4 is 16.5 Å². The summed E-state index contributed by atoms with van der Waals surface area (Å²) in [4.78, 5) is 4.35. The Hall–Kier alpha value is -1.65. The highest BCUT2D eigenvalue weighted by atomic mass is 16.3. The van der Waals surface area contributed by atoms with Crippen molar-refractivity contribution in [1.29, 1.82) is 0 Å². The first-order valence-corrected chi connectivity index (χ1v) is 8.78. The Labute approximate surface area is 138 Å². The molecule has 0 radical (unpaired) electrons. The molecule has 23 heavy (non-hydrogen) atoms. The molecule has 0 amide bonds. The van der Waals surface area contributed by atoms with E-state index in [0.29, 0.717) is 18.6 Å². The van der Waals surface area contributed by atoms with E-state index in [1.165, 1.54) is 47.7 Å². The standard InChI is InChI=1S/C19H27N3O/c1-2-14-12-20-13-15-4-3-5-18(19(14)15)22-17-8-6-16(7-9-17)21-10-11-23/h3-5,12-13,16-17,21-23H,2,6-11H2,1H3/t16-,17-. The molecule has 4 nitrogen and oxygen atoms in total. The number of aromatic nitrogens is 1. The minimum atomic E-state index is 0.224. The van der Waals surface area contributed by atoms with Gasteiger partial charge >= 0.3 is 0 Å². The van der Waals surface area contributed by atoms with Gasteiger partial charge in [0.1, 0.15) is 0 Å².